The van der Waals surface area contributed by atoms with Gasteiger partial charge in [0.15, 0.2) is 0 Å². The van der Waals surface area contributed by atoms with Crippen molar-refractivity contribution in [1.29, 1.82) is 0 Å². The molecule has 1 heterocycles. The molecule has 1 fully saturated rings. The normalized spacial score (nSPS) is 17.7. The van der Waals surface area contributed by atoms with E-state index in [1.807, 2.05) is 0 Å². The molecule has 140 valence electrons. The van der Waals surface area contributed by atoms with Gasteiger partial charge in [0.1, 0.15) is 5.75 Å². The van der Waals surface area contributed by atoms with E-state index in [0.717, 1.165) is 23.8 Å². The minimum absolute atomic E-state index is 0.0848. The fourth-order valence-electron chi connectivity index (χ4n) is 2.69. The number of rotatable bonds is 8. The number of carbonyl (C=O) groups excluding carboxylic acids is 1. The number of nitrogens with zero attached hydrogens (tertiary/aromatic N) is 1. The zero-order chi connectivity index (χ0) is 18.4. The number of hydrogen-bond donors (Lipinski definition) is 1. The summed E-state index contributed by atoms with van der Waals surface area (Å²) in [4.78, 5) is 12.2. The van der Waals surface area contributed by atoms with Crippen LogP contribution in [0.25, 0.3) is 0 Å². The molecule has 7 nitrogen and oxygen atoms in total. The predicted octanol–water partition coefficient (Wildman–Crippen LogP) is 1.17. The van der Waals surface area contributed by atoms with E-state index in [-0.39, 0.29) is 23.3 Å². The highest BCUT2D eigenvalue weighted by atomic mass is 32.2. The van der Waals surface area contributed by atoms with E-state index >= 15 is 0 Å². The van der Waals surface area contributed by atoms with Gasteiger partial charge in [-0.25, -0.2) is 12.7 Å². The Morgan fingerprint density at radius 2 is 2.16 bits per heavy atom. The molecule has 0 radical (unpaired) electrons. The smallest absolute Gasteiger partial charge is 0.242 e. The Hall–Kier alpha value is -1.64. The molecule has 0 spiro atoms. The first kappa shape index (κ1) is 19.7. The standard InChI is InChI=1S/C17H26N2O5S/c1-19(2)25(21,22)15-7-8-16(23-3)13(11-15)6-9-17(20)18-12-14-5-4-10-24-14/h7-8,11,14H,4-6,9-10,12H2,1-3H3,(H,18,20)/t14-/m0/s1. The number of hydrogen-bond acceptors (Lipinski definition) is 5. The summed E-state index contributed by atoms with van der Waals surface area (Å²) in [5, 5.41) is 2.86. The SMILES string of the molecule is COc1ccc(S(=O)(=O)N(C)C)cc1CCC(=O)NC[C@@H]1CCCO1. The molecule has 0 aromatic heterocycles. The van der Waals surface area contributed by atoms with Crippen LogP contribution in [0.3, 0.4) is 0 Å². The van der Waals surface area contributed by atoms with Gasteiger partial charge in [-0.1, -0.05) is 0 Å². The first-order valence-corrected chi connectivity index (χ1v) is 9.76. The van der Waals surface area contributed by atoms with Crippen molar-refractivity contribution >= 4 is 15.9 Å². The molecule has 0 aliphatic carbocycles. The molecule has 0 saturated carbocycles. The van der Waals surface area contributed by atoms with Crippen LogP contribution < -0.4 is 10.1 Å². The fourth-order valence-corrected chi connectivity index (χ4v) is 3.64. The third-order valence-electron chi connectivity index (χ3n) is 4.20. The van der Waals surface area contributed by atoms with Gasteiger partial charge in [0.05, 0.1) is 18.1 Å². The molecule has 1 aromatic carbocycles. The van der Waals surface area contributed by atoms with E-state index in [1.165, 1.54) is 27.3 Å². The maximum Gasteiger partial charge on any atom is 0.242 e. The number of amides is 1. The number of nitrogens with one attached hydrogen (secondary N) is 1. The summed E-state index contributed by atoms with van der Waals surface area (Å²) >= 11 is 0. The van der Waals surface area contributed by atoms with Crippen LogP contribution in [0.15, 0.2) is 23.1 Å². The molecule has 0 bridgehead atoms. The first-order valence-electron chi connectivity index (χ1n) is 8.32. The molecule has 1 aromatic rings. The van der Waals surface area contributed by atoms with Crippen molar-refractivity contribution < 1.29 is 22.7 Å². The summed E-state index contributed by atoms with van der Waals surface area (Å²) in [6, 6.07) is 4.70. The van der Waals surface area contributed by atoms with E-state index < -0.39 is 10.0 Å². The number of benzene rings is 1. The Morgan fingerprint density at radius 3 is 2.76 bits per heavy atom. The second-order valence-electron chi connectivity index (χ2n) is 6.20. The van der Waals surface area contributed by atoms with Crippen molar-refractivity contribution in [3.05, 3.63) is 23.8 Å². The van der Waals surface area contributed by atoms with Gasteiger partial charge in [-0.3, -0.25) is 4.79 Å². The molecular formula is C17H26N2O5S. The molecule has 1 aliphatic rings. The van der Waals surface area contributed by atoms with Gasteiger partial charge in [-0.2, -0.15) is 0 Å². The van der Waals surface area contributed by atoms with E-state index in [9.17, 15) is 13.2 Å². The first-order chi connectivity index (χ1) is 11.8. The Bertz CT molecular complexity index is 697. The second-order valence-corrected chi connectivity index (χ2v) is 8.35. The molecule has 1 aliphatic heterocycles. The molecule has 25 heavy (non-hydrogen) atoms. The third kappa shape index (κ3) is 5.17. The summed E-state index contributed by atoms with van der Waals surface area (Å²) in [7, 11) is 0.969. The summed E-state index contributed by atoms with van der Waals surface area (Å²) in [6.45, 7) is 1.27. The Labute approximate surface area is 149 Å². The highest BCUT2D eigenvalue weighted by Crippen LogP contribution is 2.25. The molecule has 8 heteroatoms. The van der Waals surface area contributed by atoms with Crippen LogP contribution in [0.4, 0.5) is 0 Å². The van der Waals surface area contributed by atoms with Gasteiger partial charge in [-0.05, 0) is 43.0 Å². The number of aryl methyl sites for hydroxylation is 1. The van der Waals surface area contributed by atoms with Crippen molar-refractivity contribution in [3.8, 4) is 5.75 Å². The summed E-state index contributed by atoms with van der Waals surface area (Å²) in [5.41, 5.74) is 0.692. The minimum Gasteiger partial charge on any atom is -0.496 e. The lowest BCUT2D eigenvalue weighted by Gasteiger charge is -2.15. The summed E-state index contributed by atoms with van der Waals surface area (Å²) < 4.78 is 36.4. The number of methoxy groups -OCH3 is 1. The molecule has 1 amide bonds. The largest absolute Gasteiger partial charge is 0.496 e. The molecule has 1 atom stereocenters. The van der Waals surface area contributed by atoms with Crippen LogP contribution in [0, 0.1) is 0 Å². The average Bonchev–Trinajstić information content (AvgIpc) is 3.11. The molecule has 0 unspecified atom stereocenters. The van der Waals surface area contributed by atoms with Crippen LogP contribution in [0.2, 0.25) is 0 Å². The quantitative estimate of drug-likeness (QED) is 0.743. The van der Waals surface area contributed by atoms with Gasteiger partial charge in [0, 0.05) is 33.7 Å². The van der Waals surface area contributed by atoms with Crippen LogP contribution >= 0.6 is 0 Å². The lowest BCUT2D eigenvalue weighted by molar-refractivity contribution is -0.121. The van der Waals surface area contributed by atoms with Crippen LogP contribution in [0.1, 0.15) is 24.8 Å². The topological polar surface area (TPSA) is 84.9 Å². The van der Waals surface area contributed by atoms with Crippen LogP contribution in [0.5, 0.6) is 5.75 Å². The highest BCUT2D eigenvalue weighted by Gasteiger charge is 2.20. The number of ether oxygens (including phenoxy) is 2. The Morgan fingerprint density at radius 1 is 1.40 bits per heavy atom. The lowest BCUT2D eigenvalue weighted by Crippen LogP contribution is -2.31. The zero-order valence-electron chi connectivity index (χ0n) is 14.9. The van der Waals surface area contributed by atoms with Crippen molar-refractivity contribution in [3.63, 3.8) is 0 Å². The van der Waals surface area contributed by atoms with Crippen molar-refractivity contribution in [1.82, 2.24) is 9.62 Å². The molecule has 2 rings (SSSR count). The highest BCUT2D eigenvalue weighted by molar-refractivity contribution is 7.89. The zero-order valence-corrected chi connectivity index (χ0v) is 15.8. The number of carbonyl (C=O) groups is 1. The van der Waals surface area contributed by atoms with Crippen molar-refractivity contribution in [2.75, 3.05) is 34.4 Å². The van der Waals surface area contributed by atoms with E-state index in [0.29, 0.717) is 24.3 Å². The lowest BCUT2D eigenvalue weighted by atomic mass is 10.1. The van der Waals surface area contributed by atoms with Crippen molar-refractivity contribution in [2.45, 2.75) is 36.7 Å². The van der Waals surface area contributed by atoms with E-state index in [1.54, 1.807) is 12.1 Å². The summed E-state index contributed by atoms with van der Waals surface area (Å²) in [5.74, 6) is 0.489. The predicted molar refractivity (Wildman–Crippen MR) is 94.2 cm³/mol. The van der Waals surface area contributed by atoms with Gasteiger partial charge in [-0.15, -0.1) is 0 Å². The van der Waals surface area contributed by atoms with E-state index in [2.05, 4.69) is 5.32 Å². The average molecular weight is 370 g/mol. The minimum atomic E-state index is -3.52. The van der Waals surface area contributed by atoms with Crippen LogP contribution in [-0.4, -0.2) is 59.1 Å². The van der Waals surface area contributed by atoms with Gasteiger partial charge >= 0.3 is 0 Å². The van der Waals surface area contributed by atoms with Crippen LogP contribution in [-0.2, 0) is 26.0 Å². The Balaban J connectivity index is 2.00. The van der Waals surface area contributed by atoms with Crippen molar-refractivity contribution in [2.24, 2.45) is 0 Å². The molecule has 1 saturated heterocycles. The van der Waals surface area contributed by atoms with Gasteiger partial charge < -0.3 is 14.8 Å². The fraction of sp³-hybridized carbons (Fsp3) is 0.588. The molecule has 1 N–H and O–H groups in total. The van der Waals surface area contributed by atoms with Gasteiger partial charge in [0.2, 0.25) is 15.9 Å². The maximum absolute atomic E-state index is 12.3. The third-order valence-corrected chi connectivity index (χ3v) is 6.01. The van der Waals surface area contributed by atoms with E-state index in [4.69, 9.17) is 9.47 Å². The molecular weight excluding hydrogens is 344 g/mol. The van der Waals surface area contributed by atoms with Gasteiger partial charge in [0.25, 0.3) is 0 Å². The number of sulfonamides is 1. The monoisotopic (exact) mass is 370 g/mol. The Kier molecular flexibility index (Phi) is 6.80. The maximum atomic E-state index is 12.3. The summed E-state index contributed by atoms with van der Waals surface area (Å²) in [6.07, 6.45) is 2.77. The second kappa shape index (κ2) is 8.64.